The van der Waals surface area contributed by atoms with Crippen LogP contribution in [-0.2, 0) is 4.79 Å². The van der Waals surface area contributed by atoms with Crippen molar-refractivity contribution in [3.63, 3.8) is 0 Å². The van der Waals surface area contributed by atoms with Crippen LogP contribution in [0.1, 0.15) is 16.2 Å². The second-order valence-electron chi connectivity index (χ2n) is 8.64. The molecule has 5 aromatic rings. The molecule has 0 radical (unpaired) electrons. The number of hydrogen-bond donors (Lipinski definition) is 1. The summed E-state index contributed by atoms with van der Waals surface area (Å²) in [6, 6.07) is 5.55. The van der Waals surface area contributed by atoms with Gasteiger partial charge in [-0.05, 0) is 19.1 Å². The fourth-order valence-electron chi connectivity index (χ4n) is 4.54. The van der Waals surface area contributed by atoms with Crippen LogP contribution >= 0.6 is 0 Å². The Bertz CT molecular complexity index is 1630. The van der Waals surface area contributed by atoms with Crippen LogP contribution in [0.3, 0.4) is 0 Å². The maximum absolute atomic E-state index is 13.4. The summed E-state index contributed by atoms with van der Waals surface area (Å²) in [5.74, 6) is 1.60. The number of carbonyl (C=O) groups excluding carboxylic acids is 2. The molecule has 0 unspecified atom stereocenters. The summed E-state index contributed by atoms with van der Waals surface area (Å²) in [6.45, 7) is 3.51. The Labute approximate surface area is 215 Å². The molecule has 6 heterocycles. The highest BCUT2D eigenvalue weighted by atomic mass is 16.5. The van der Waals surface area contributed by atoms with Gasteiger partial charge in [0.1, 0.15) is 17.9 Å². The van der Waals surface area contributed by atoms with E-state index >= 15 is 0 Å². The molecule has 38 heavy (non-hydrogen) atoms. The Balaban J connectivity index is 1.22. The van der Waals surface area contributed by atoms with E-state index in [1.54, 1.807) is 28.9 Å². The summed E-state index contributed by atoms with van der Waals surface area (Å²) < 4.78 is 8.63. The summed E-state index contributed by atoms with van der Waals surface area (Å²) in [5, 5.41) is 13.0. The number of hydrogen-bond acceptors (Lipinski definition) is 10. The lowest BCUT2D eigenvalue weighted by Gasteiger charge is -2.35. The minimum Gasteiger partial charge on any atom is -0.494 e. The number of aromatic nitrogens is 9. The summed E-state index contributed by atoms with van der Waals surface area (Å²) in [6.07, 6.45) is 7.90. The van der Waals surface area contributed by atoms with Crippen LogP contribution in [0.25, 0.3) is 22.5 Å². The first-order chi connectivity index (χ1) is 18.5. The third kappa shape index (κ3) is 3.91. The number of pyridine rings is 2. The fourth-order valence-corrected chi connectivity index (χ4v) is 4.54. The molecule has 1 saturated heterocycles. The molecule has 1 amide bonds. The molecule has 5 aromatic heterocycles. The van der Waals surface area contributed by atoms with Crippen LogP contribution in [0.15, 0.2) is 49.3 Å². The Hall–Kier alpha value is -5.14. The SMILES string of the molecule is COc1cnc(-n2cnc(C)n2)c2[nH]cc(C(=O)C(=O)N3CCN(c4cnnn4-c4ccccn4)CC3)c12. The molecule has 1 aliphatic heterocycles. The highest BCUT2D eigenvalue weighted by molar-refractivity contribution is 6.45. The molecule has 0 saturated carbocycles. The summed E-state index contributed by atoms with van der Waals surface area (Å²) >= 11 is 0. The van der Waals surface area contributed by atoms with Gasteiger partial charge in [-0.15, -0.1) is 5.10 Å². The van der Waals surface area contributed by atoms with Gasteiger partial charge in [0.15, 0.2) is 17.5 Å². The van der Waals surface area contributed by atoms with Crippen molar-refractivity contribution in [3.05, 3.63) is 60.7 Å². The molecule has 0 atom stereocenters. The van der Waals surface area contributed by atoms with Crippen molar-refractivity contribution in [1.29, 1.82) is 0 Å². The van der Waals surface area contributed by atoms with Crippen molar-refractivity contribution in [2.45, 2.75) is 6.92 Å². The van der Waals surface area contributed by atoms with E-state index in [1.165, 1.54) is 30.5 Å². The first-order valence-electron chi connectivity index (χ1n) is 11.9. The quantitative estimate of drug-likeness (QED) is 0.257. The number of rotatable bonds is 6. The average Bonchev–Trinajstić information content (AvgIpc) is 3.72. The minimum atomic E-state index is -0.630. The van der Waals surface area contributed by atoms with Crippen LogP contribution in [0.5, 0.6) is 5.75 Å². The third-order valence-corrected chi connectivity index (χ3v) is 6.42. The molecule has 0 aliphatic carbocycles. The van der Waals surface area contributed by atoms with Crippen molar-refractivity contribution < 1.29 is 14.3 Å². The van der Waals surface area contributed by atoms with Crippen molar-refractivity contribution in [1.82, 2.24) is 49.6 Å². The lowest BCUT2D eigenvalue weighted by molar-refractivity contribution is -0.126. The zero-order chi connectivity index (χ0) is 26.2. The van der Waals surface area contributed by atoms with Gasteiger partial charge < -0.3 is 19.5 Å². The van der Waals surface area contributed by atoms with E-state index in [-0.39, 0.29) is 5.56 Å². The largest absolute Gasteiger partial charge is 0.494 e. The molecule has 1 aliphatic rings. The van der Waals surface area contributed by atoms with Crippen molar-refractivity contribution in [2.24, 2.45) is 0 Å². The molecule has 1 N–H and O–H groups in total. The second kappa shape index (κ2) is 9.38. The van der Waals surface area contributed by atoms with Crippen LogP contribution in [0, 0.1) is 6.92 Å². The van der Waals surface area contributed by atoms with Gasteiger partial charge >= 0.3 is 0 Å². The van der Waals surface area contributed by atoms with E-state index in [1.807, 2.05) is 18.2 Å². The number of amides is 1. The number of piperazine rings is 1. The Morgan fingerprint density at radius 2 is 1.89 bits per heavy atom. The van der Waals surface area contributed by atoms with E-state index in [4.69, 9.17) is 4.74 Å². The molecule has 0 spiro atoms. The normalized spacial score (nSPS) is 13.7. The van der Waals surface area contributed by atoms with Gasteiger partial charge in [-0.2, -0.15) is 9.78 Å². The van der Waals surface area contributed by atoms with Gasteiger partial charge in [0.25, 0.3) is 11.7 Å². The zero-order valence-electron chi connectivity index (χ0n) is 20.6. The van der Waals surface area contributed by atoms with Crippen LogP contribution < -0.4 is 9.64 Å². The number of nitrogens with zero attached hydrogens (tertiary/aromatic N) is 10. The number of Topliss-reactive ketones (excluding diaryl/α,β-unsaturated/α-hetero) is 1. The number of anilines is 1. The van der Waals surface area contributed by atoms with E-state index in [2.05, 4.69) is 40.2 Å². The van der Waals surface area contributed by atoms with E-state index in [0.29, 0.717) is 60.3 Å². The van der Waals surface area contributed by atoms with Gasteiger partial charge in [-0.25, -0.2) is 19.6 Å². The fraction of sp³-hybridized carbons (Fsp3) is 0.250. The lowest BCUT2D eigenvalue weighted by Crippen LogP contribution is -2.51. The Morgan fingerprint density at radius 1 is 1.05 bits per heavy atom. The second-order valence-corrected chi connectivity index (χ2v) is 8.64. The molecule has 192 valence electrons. The molecule has 0 bridgehead atoms. The van der Waals surface area contributed by atoms with E-state index < -0.39 is 11.7 Å². The lowest BCUT2D eigenvalue weighted by atomic mass is 10.1. The summed E-state index contributed by atoms with van der Waals surface area (Å²) in [7, 11) is 1.49. The smallest absolute Gasteiger partial charge is 0.295 e. The Kier molecular flexibility index (Phi) is 5.75. The monoisotopic (exact) mass is 513 g/mol. The van der Waals surface area contributed by atoms with Gasteiger partial charge in [0.2, 0.25) is 0 Å². The standard InChI is InChI=1S/C24H23N11O3/c1-15-28-14-34(30-15)23-21-20(17(38-2)12-27-23)16(11-26-21)22(36)24(37)33-9-7-32(8-10-33)19-13-29-31-35(19)18-5-3-4-6-25-18/h3-6,11-14,26H,7-10H2,1-2H3. The van der Waals surface area contributed by atoms with Gasteiger partial charge in [-0.3, -0.25) is 9.59 Å². The van der Waals surface area contributed by atoms with Gasteiger partial charge in [0.05, 0.1) is 36.0 Å². The molecule has 14 heteroatoms. The number of fused-ring (bicyclic) bond motifs is 1. The molecule has 14 nitrogen and oxygen atoms in total. The number of carbonyl (C=O) groups is 2. The number of ketones is 1. The summed E-state index contributed by atoms with van der Waals surface area (Å²) in [5.41, 5.74) is 0.729. The number of H-pyrrole nitrogens is 1. The van der Waals surface area contributed by atoms with E-state index in [9.17, 15) is 9.59 Å². The topological polar surface area (TPSA) is 153 Å². The molecule has 1 fully saturated rings. The predicted molar refractivity (Wildman–Crippen MR) is 135 cm³/mol. The van der Waals surface area contributed by atoms with E-state index in [0.717, 1.165) is 5.82 Å². The van der Waals surface area contributed by atoms with Crippen molar-refractivity contribution in [2.75, 3.05) is 38.2 Å². The molecular formula is C24H23N11O3. The number of ether oxygens (including phenoxy) is 1. The van der Waals surface area contributed by atoms with Crippen LogP contribution in [0.2, 0.25) is 0 Å². The average molecular weight is 514 g/mol. The molecule has 0 aromatic carbocycles. The highest BCUT2D eigenvalue weighted by Crippen LogP contribution is 2.32. The predicted octanol–water partition coefficient (Wildman–Crippen LogP) is 0.968. The van der Waals surface area contributed by atoms with Gasteiger partial charge in [0, 0.05) is 38.6 Å². The zero-order valence-corrected chi connectivity index (χ0v) is 20.6. The number of aryl methyl sites for hydroxylation is 1. The summed E-state index contributed by atoms with van der Waals surface area (Å²) in [4.78, 5) is 46.3. The Morgan fingerprint density at radius 3 is 2.61 bits per heavy atom. The van der Waals surface area contributed by atoms with Crippen molar-refractivity contribution in [3.8, 4) is 17.4 Å². The first-order valence-corrected chi connectivity index (χ1v) is 11.9. The van der Waals surface area contributed by atoms with Crippen LogP contribution in [0.4, 0.5) is 5.82 Å². The molecule has 6 rings (SSSR count). The maximum atomic E-state index is 13.4. The minimum absolute atomic E-state index is 0.210. The van der Waals surface area contributed by atoms with Gasteiger partial charge in [-0.1, -0.05) is 11.3 Å². The maximum Gasteiger partial charge on any atom is 0.295 e. The first kappa shape index (κ1) is 23.3. The van der Waals surface area contributed by atoms with Crippen molar-refractivity contribution >= 4 is 28.4 Å². The number of aromatic amines is 1. The van der Waals surface area contributed by atoms with Crippen LogP contribution in [-0.4, -0.2) is 94.6 Å². The number of nitrogens with one attached hydrogen (secondary N) is 1. The highest BCUT2D eigenvalue weighted by Gasteiger charge is 2.31. The molecular weight excluding hydrogens is 490 g/mol. The third-order valence-electron chi connectivity index (χ3n) is 6.42. The number of methoxy groups -OCH3 is 1.